The fourth-order valence-electron chi connectivity index (χ4n) is 1.71. The molecule has 0 aliphatic carbocycles. The molecular weight excluding hydrogens is 260 g/mol. The van der Waals surface area contributed by atoms with Crippen molar-refractivity contribution in [3.63, 3.8) is 0 Å². The van der Waals surface area contributed by atoms with E-state index in [0.29, 0.717) is 24.5 Å². The zero-order valence-electron chi connectivity index (χ0n) is 11.8. The molecule has 0 spiro atoms. The minimum absolute atomic E-state index is 0.0281. The molecule has 0 fully saturated rings. The number of amides is 1. The van der Waals surface area contributed by atoms with Crippen molar-refractivity contribution in [3.8, 4) is 5.75 Å². The molecule has 0 aliphatic heterocycles. The van der Waals surface area contributed by atoms with Gasteiger partial charge in [0.25, 0.3) is 0 Å². The fraction of sp³-hybridized carbons (Fsp3) is 0.429. The monoisotopic (exact) mass is 280 g/mol. The summed E-state index contributed by atoms with van der Waals surface area (Å²) >= 11 is 0. The van der Waals surface area contributed by atoms with Crippen molar-refractivity contribution in [2.75, 3.05) is 32.1 Å². The van der Waals surface area contributed by atoms with Crippen LogP contribution in [0.15, 0.2) is 24.3 Å². The average Bonchev–Trinajstić information content (AvgIpc) is 2.43. The number of methoxy groups -OCH3 is 1. The number of carboxylic acids is 1. The van der Waals surface area contributed by atoms with Crippen molar-refractivity contribution in [2.45, 2.75) is 13.3 Å². The first-order valence-electron chi connectivity index (χ1n) is 6.43. The van der Waals surface area contributed by atoms with Gasteiger partial charge in [-0.2, -0.15) is 0 Å². The number of benzene rings is 1. The Morgan fingerprint density at radius 2 is 2.15 bits per heavy atom. The van der Waals surface area contributed by atoms with E-state index in [0.717, 1.165) is 0 Å². The molecule has 0 saturated heterocycles. The third-order valence-corrected chi connectivity index (χ3v) is 2.81. The normalized spacial score (nSPS) is 10.3. The van der Waals surface area contributed by atoms with Gasteiger partial charge in [-0.05, 0) is 18.7 Å². The Labute approximate surface area is 118 Å². The van der Waals surface area contributed by atoms with Gasteiger partial charge >= 0.3 is 5.97 Å². The quantitative estimate of drug-likeness (QED) is 0.753. The number of nitrogens with zero attached hydrogens (tertiary/aromatic N) is 1. The van der Waals surface area contributed by atoms with Crippen LogP contribution < -0.4 is 10.1 Å². The molecule has 0 saturated carbocycles. The summed E-state index contributed by atoms with van der Waals surface area (Å²) in [7, 11) is 1.56. The van der Waals surface area contributed by atoms with Crippen LogP contribution in [0.2, 0.25) is 0 Å². The summed E-state index contributed by atoms with van der Waals surface area (Å²) in [6.45, 7) is 3.04. The van der Waals surface area contributed by atoms with Crippen molar-refractivity contribution in [3.05, 3.63) is 24.3 Å². The zero-order valence-corrected chi connectivity index (χ0v) is 11.8. The maximum Gasteiger partial charge on any atom is 0.304 e. The number of hydrogen-bond acceptors (Lipinski definition) is 4. The van der Waals surface area contributed by atoms with Crippen LogP contribution in [-0.2, 0) is 9.59 Å². The van der Waals surface area contributed by atoms with Gasteiger partial charge in [0.05, 0.1) is 20.1 Å². The van der Waals surface area contributed by atoms with Crippen molar-refractivity contribution in [2.24, 2.45) is 0 Å². The van der Waals surface area contributed by atoms with Gasteiger partial charge in [0.15, 0.2) is 0 Å². The molecule has 2 N–H and O–H groups in total. The van der Waals surface area contributed by atoms with Gasteiger partial charge in [-0.3, -0.25) is 14.5 Å². The highest BCUT2D eigenvalue weighted by Crippen LogP contribution is 2.16. The predicted molar refractivity (Wildman–Crippen MR) is 76.0 cm³/mol. The molecule has 1 aromatic rings. The number of hydrogen-bond donors (Lipinski definition) is 2. The number of ether oxygens (including phenoxy) is 1. The smallest absolute Gasteiger partial charge is 0.304 e. The van der Waals surface area contributed by atoms with Crippen LogP contribution in [0.25, 0.3) is 0 Å². The standard InChI is InChI=1S/C14H20N2O4/c1-3-16(8-7-14(18)19)10-13(17)15-11-5-4-6-12(9-11)20-2/h4-6,9H,3,7-8,10H2,1-2H3,(H,15,17)(H,18,19). The van der Waals surface area contributed by atoms with Crippen molar-refractivity contribution in [1.29, 1.82) is 0 Å². The summed E-state index contributed by atoms with van der Waals surface area (Å²) in [6, 6.07) is 7.08. The first-order valence-corrected chi connectivity index (χ1v) is 6.43. The highest BCUT2D eigenvalue weighted by Gasteiger charge is 2.11. The van der Waals surface area contributed by atoms with Gasteiger partial charge in [-0.1, -0.05) is 13.0 Å². The maximum atomic E-state index is 11.9. The summed E-state index contributed by atoms with van der Waals surface area (Å²) in [6.07, 6.45) is 0.0281. The SMILES string of the molecule is CCN(CCC(=O)O)CC(=O)Nc1cccc(OC)c1. The first-order chi connectivity index (χ1) is 9.55. The second-order valence-corrected chi connectivity index (χ2v) is 4.29. The summed E-state index contributed by atoms with van der Waals surface area (Å²) in [5.41, 5.74) is 0.656. The van der Waals surface area contributed by atoms with E-state index < -0.39 is 5.97 Å². The number of carboxylic acid groups (broad SMARTS) is 1. The molecule has 1 aromatic carbocycles. The molecular formula is C14H20N2O4. The van der Waals surface area contributed by atoms with Crippen LogP contribution >= 0.6 is 0 Å². The van der Waals surface area contributed by atoms with E-state index in [-0.39, 0.29) is 18.9 Å². The Kier molecular flexibility index (Phi) is 6.52. The number of likely N-dealkylation sites (N-methyl/N-ethyl adjacent to an activating group) is 1. The fourth-order valence-corrected chi connectivity index (χ4v) is 1.71. The van der Waals surface area contributed by atoms with Crippen LogP contribution in [0, 0.1) is 0 Å². The molecule has 1 amide bonds. The highest BCUT2D eigenvalue weighted by molar-refractivity contribution is 5.92. The minimum atomic E-state index is -0.864. The van der Waals surface area contributed by atoms with E-state index in [1.807, 2.05) is 6.92 Å². The van der Waals surface area contributed by atoms with Crippen molar-refractivity contribution < 1.29 is 19.4 Å². The summed E-state index contributed by atoms with van der Waals surface area (Å²) in [4.78, 5) is 24.2. The van der Waals surface area contributed by atoms with Crippen LogP contribution in [-0.4, -0.2) is 48.6 Å². The average molecular weight is 280 g/mol. The Morgan fingerprint density at radius 1 is 1.40 bits per heavy atom. The summed E-state index contributed by atoms with van der Waals surface area (Å²) in [5.74, 6) is -0.372. The zero-order chi connectivity index (χ0) is 15.0. The van der Waals surface area contributed by atoms with E-state index in [1.165, 1.54) is 0 Å². The number of rotatable bonds is 8. The second-order valence-electron chi connectivity index (χ2n) is 4.29. The van der Waals surface area contributed by atoms with Gasteiger partial charge in [0.2, 0.25) is 5.91 Å². The molecule has 0 bridgehead atoms. The van der Waals surface area contributed by atoms with Crippen LogP contribution in [0.5, 0.6) is 5.75 Å². The topological polar surface area (TPSA) is 78.9 Å². The molecule has 0 aliphatic rings. The molecule has 0 unspecified atom stereocenters. The van der Waals surface area contributed by atoms with E-state index in [1.54, 1.807) is 36.3 Å². The number of anilines is 1. The maximum absolute atomic E-state index is 11.9. The van der Waals surface area contributed by atoms with Gasteiger partial charge in [0, 0.05) is 18.3 Å². The van der Waals surface area contributed by atoms with Crippen LogP contribution in [0.4, 0.5) is 5.69 Å². The molecule has 1 rings (SSSR count). The Hall–Kier alpha value is -2.08. The Morgan fingerprint density at radius 3 is 2.75 bits per heavy atom. The summed E-state index contributed by atoms with van der Waals surface area (Å²) < 4.78 is 5.08. The van der Waals surface area contributed by atoms with Crippen LogP contribution in [0.1, 0.15) is 13.3 Å². The Bertz CT molecular complexity index is 462. The third kappa shape index (κ3) is 5.71. The predicted octanol–water partition coefficient (Wildman–Crippen LogP) is 1.43. The summed E-state index contributed by atoms with van der Waals surface area (Å²) in [5, 5.41) is 11.4. The molecule has 0 atom stereocenters. The van der Waals surface area contributed by atoms with Gasteiger partial charge < -0.3 is 15.2 Å². The molecule has 6 heteroatoms. The molecule has 20 heavy (non-hydrogen) atoms. The Balaban J connectivity index is 2.50. The number of carbonyl (C=O) groups is 2. The molecule has 110 valence electrons. The lowest BCUT2D eigenvalue weighted by Crippen LogP contribution is -2.34. The number of nitrogens with one attached hydrogen (secondary N) is 1. The van der Waals surface area contributed by atoms with E-state index in [4.69, 9.17) is 9.84 Å². The van der Waals surface area contributed by atoms with E-state index >= 15 is 0 Å². The third-order valence-electron chi connectivity index (χ3n) is 2.81. The lowest BCUT2D eigenvalue weighted by atomic mass is 10.3. The molecule has 0 radical (unpaired) electrons. The minimum Gasteiger partial charge on any atom is -0.497 e. The lowest BCUT2D eigenvalue weighted by Gasteiger charge is -2.18. The molecule has 0 aromatic heterocycles. The van der Waals surface area contributed by atoms with E-state index in [2.05, 4.69) is 5.32 Å². The molecule has 0 heterocycles. The first kappa shape index (κ1) is 16.0. The van der Waals surface area contributed by atoms with Crippen molar-refractivity contribution in [1.82, 2.24) is 4.90 Å². The molecule has 6 nitrogen and oxygen atoms in total. The largest absolute Gasteiger partial charge is 0.497 e. The van der Waals surface area contributed by atoms with Gasteiger partial charge in [0.1, 0.15) is 5.75 Å². The van der Waals surface area contributed by atoms with E-state index in [9.17, 15) is 9.59 Å². The van der Waals surface area contributed by atoms with Crippen LogP contribution in [0.3, 0.4) is 0 Å². The second kappa shape index (κ2) is 8.16. The van der Waals surface area contributed by atoms with Gasteiger partial charge in [-0.25, -0.2) is 0 Å². The lowest BCUT2D eigenvalue weighted by molar-refractivity contribution is -0.137. The number of carbonyl (C=O) groups excluding carboxylic acids is 1. The van der Waals surface area contributed by atoms with Gasteiger partial charge in [-0.15, -0.1) is 0 Å². The number of aliphatic carboxylic acids is 1. The van der Waals surface area contributed by atoms with Crippen molar-refractivity contribution >= 4 is 17.6 Å². The highest BCUT2D eigenvalue weighted by atomic mass is 16.5.